The molecule has 1 aromatic carbocycles. The van der Waals surface area contributed by atoms with Crippen LogP contribution < -0.4 is 5.56 Å². The zero-order valence-corrected chi connectivity index (χ0v) is 16.2. The highest BCUT2D eigenvalue weighted by atomic mass is 19.1. The lowest BCUT2D eigenvalue weighted by Gasteiger charge is -2.31. The van der Waals surface area contributed by atoms with Crippen molar-refractivity contribution in [1.82, 2.24) is 19.8 Å². The van der Waals surface area contributed by atoms with Gasteiger partial charge in [-0.25, -0.2) is 9.37 Å². The number of carbonyl (C=O) groups excluding carboxylic acids is 1. The third-order valence-corrected chi connectivity index (χ3v) is 5.78. The van der Waals surface area contributed by atoms with Gasteiger partial charge in [0, 0.05) is 32.1 Å². The molecule has 2 aliphatic heterocycles. The van der Waals surface area contributed by atoms with E-state index in [-0.39, 0.29) is 23.1 Å². The number of nitrogens with zero attached hydrogens (tertiary/aromatic N) is 3. The first-order valence-corrected chi connectivity index (χ1v) is 9.87. The first-order valence-electron chi connectivity index (χ1n) is 9.87. The molecule has 1 atom stereocenters. The van der Waals surface area contributed by atoms with E-state index in [1.54, 1.807) is 17.0 Å². The number of carbonyl (C=O) groups is 1. The van der Waals surface area contributed by atoms with E-state index < -0.39 is 5.82 Å². The summed E-state index contributed by atoms with van der Waals surface area (Å²) in [6, 6.07) is 6.05. The number of benzene rings is 1. The number of aromatic amines is 1. The minimum atomic E-state index is -0.529. The molecule has 2 aliphatic rings. The Morgan fingerprint density at radius 1 is 1.29 bits per heavy atom. The predicted octanol–water partition coefficient (Wildman–Crippen LogP) is 2.65. The van der Waals surface area contributed by atoms with Crippen LogP contribution in [-0.4, -0.2) is 44.8 Å². The van der Waals surface area contributed by atoms with Crippen molar-refractivity contribution in [3.05, 3.63) is 63.1 Å². The minimum Gasteiger partial charge on any atom is -0.328 e. The van der Waals surface area contributed by atoms with Crippen molar-refractivity contribution in [2.75, 3.05) is 13.1 Å². The maximum atomic E-state index is 14.1. The van der Waals surface area contributed by atoms with E-state index in [9.17, 15) is 14.0 Å². The van der Waals surface area contributed by atoms with Crippen LogP contribution in [0.5, 0.6) is 0 Å². The quantitative estimate of drug-likeness (QED) is 0.883. The summed E-state index contributed by atoms with van der Waals surface area (Å²) < 4.78 is 14.1. The Morgan fingerprint density at radius 2 is 2.07 bits per heavy atom. The largest absolute Gasteiger partial charge is 0.328 e. The number of rotatable bonds is 3. The lowest BCUT2D eigenvalue weighted by atomic mass is 10.0. The summed E-state index contributed by atoms with van der Waals surface area (Å²) in [6.45, 7) is 6.22. The van der Waals surface area contributed by atoms with Crippen molar-refractivity contribution in [2.24, 2.45) is 0 Å². The van der Waals surface area contributed by atoms with Crippen LogP contribution in [0.4, 0.5) is 4.39 Å². The van der Waals surface area contributed by atoms with Crippen molar-refractivity contribution >= 4 is 5.91 Å². The first-order chi connectivity index (χ1) is 13.5. The maximum absolute atomic E-state index is 14.1. The van der Waals surface area contributed by atoms with Crippen molar-refractivity contribution in [1.29, 1.82) is 0 Å². The topological polar surface area (TPSA) is 69.3 Å². The zero-order valence-electron chi connectivity index (χ0n) is 16.2. The molecule has 1 aromatic heterocycles. The lowest BCUT2D eigenvalue weighted by molar-refractivity contribution is 0.0724. The van der Waals surface area contributed by atoms with Crippen LogP contribution >= 0.6 is 0 Å². The Kier molecular flexibility index (Phi) is 5.02. The molecule has 0 spiro atoms. The molecule has 4 rings (SSSR count). The van der Waals surface area contributed by atoms with Gasteiger partial charge in [-0.15, -0.1) is 0 Å². The van der Waals surface area contributed by atoms with Crippen LogP contribution in [0, 0.1) is 5.82 Å². The van der Waals surface area contributed by atoms with Gasteiger partial charge in [-0.3, -0.25) is 14.5 Å². The molecule has 0 radical (unpaired) electrons. The van der Waals surface area contributed by atoms with Crippen LogP contribution in [0.15, 0.2) is 29.1 Å². The third kappa shape index (κ3) is 3.35. The number of amides is 1. The van der Waals surface area contributed by atoms with Crippen LogP contribution in [-0.2, 0) is 13.0 Å². The smallest absolute Gasteiger partial charge is 0.257 e. The monoisotopic (exact) mass is 384 g/mol. The molecule has 148 valence electrons. The number of fused-ring (bicyclic) bond motifs is 1. The van der Waals surface area contributed by atoms with Crippen LogP contribution in [0.25, 0.3) is 0 Å². The zero-order chi connectivity index (χ0) is 19.8. The summed E-state index contributed by atoms with van der Waals surface area (Å²) in [5.41, 5.74) is 1.47. The van der Waals surface area contributed by atoms with E-state index in [4.69, 9.17) is 4.98 Å². The van der Waals surface area contributed by atoms with E-state index in [2.05, 4.69) is 23.7 Å². The van der Waals surface area contributed by atoms with Crippen LogP contribution in [0.1, 0.15) is 60.2 Å². The van der Waals surface area contributed by atoms with Gasteiger partial charge in [0.05, 0.1) is 22.9 Å². The summed E-state index contributed by atoms with van der Waals surface area (Å²) in [5.74, 6) is -0.366. The first kappa shape index (κ1) is 18.8. The number of likely N-dealkylation sites (tertiary alicyclic amines) is 1. The fraction of sp³-hybridized carbons (Fsp3) is 0.476. The second-order valence-corrected chi connectivity index (χ2v) is 7.83. The number of nitrogens with one attached hydrogen (secondary N) is 1. The van der Waals surface area contributed by atoms with Gasteiger partial charge < -0.3 is 9.88 Å². The highest BCUT2D eigenvalue weighted by Gasteiger charge is 2.34. The highest BCUT2D eigenvalue weighted by Crippen LogP contribution is 2.32. The van der Waals surface area contributed by atoms with Crippen molar-refractivity contribution in [2.45, 2.75) is 51.7 Å². The van der Waals surface area contributed by atoms with Gasteiger partial charge in [0.2, 0.25) is 0 Å². The molecule has 6 nitrogen and oxygen atoms in total. The Labute approximate surface area is 163 Å². The standard InChI is InChI=1S/C21H25FN4O2/c1-13(2)25-11-9-17-15(12-25)20(27)24-19(23-17)18-8-5-10-26(18)21(28)14-6-3-4-7-16(14)22/h3-4,6-7,13,18H,5,8-12H2,1-2H3,(H,23,24,27)/t18-/m1/s1. The molecule has 0 saturated carbocycles. The van der Waals surface area contributed by atoms with Crippen LogP contribution in [0.2, 0.25) is 0 Å². The molecule has 0 unspecified atom stereocenters. The van der Waals surface area contributed by atoms with Crippen LogP contribution in [0.3, 0.4) is 0 Å². The molecule has 3 heterocycles. The van der Waals surface area contributed by atoms with Gasteiger partial charge in [0.25, 0.3) is 11.5 Å². The Hall–Kier alpha value is -2.54. The molecule has 28 heavy (non-hydrogen) atoms. The van der Waals surface area contributed by atoms with Gasteiger partial charge >= 0.3 is 0 Å². The summed E-state index contributed by atoms with van der Waals surface area (Å²) in [6.07, 6.45) is 2.23. The molecule has 7 heteroatoms. The van der Waals surface area contributed by atoms with E-state index >= 15 is 0 Å². The molecule has 1 N–H and O–H groups in total. The molecule has 0 bridgehead atoms. The fourth-order valence-corrected chi connectivity index (χ4v) is 4.15. The second kappa shape index (κ2) is 7.47. The highest BCUT2D eigenvalue weighted by molar-refractivity contribution is 5.94. The number of aromatic nitrogens is 2. The molecule has 1 fully saturated rings. The average molecular weight is 384 g/mol. The maximum Gasteiger partial charge on any atom is 0.257 e. The number of hydrogen-bond acceptors (Lipinski definition) is 4. The number of hydrogen-bond donors (Lipinski definition) is 1. The molecular weight excluding hydrogens is 359 g/mol. The van der Waals surface area contributed by atoms with E-state index in [1.807, 2.05) is 0 Å². The third-order valence-electron chi connectivity index (χ3n) is 5.78. The van der Waals surface area contributed by atoms with Crippen molar-refractivity contribution in [3.63, 3.8) is 0 Å². The molecule has 1 saturated heterocycles. The number of H-pyrrole nitrogens is 1. The SMILES string of the molecule is CC(C)N1CCc2nc([C@H]3CCCN3C(=O)c3ccccc3F)[nH]c(=O)c2C1. The summed E-state index contributed by atoms with van der Waals surface area (Å²) in [7, 11) is 0. The fourth-order valence-electron chi connectivity index (χ4n) is 4.15. The minimum absolute atomic E-state index is 0.0577. The lowest BCUT2D eigenvalue weighted by Crippen LogP contribution is -2.40. The normalized spacial score (nSPS) is 19.9. The van der Waals surface area contributed by atoms with Gasteiger partial charge in [-0.2, -0.15) is 0 Å². The summed E-state index contributed by atoms with van der Waals surface area (Å²) in [4.78, 5) is 37.1. The van der Waals surface area contributed by atoms with Crippen molar-refractivity contribution in [3.8, 4) is 0 Å². The van der Waals surface area contributed by atoms with E-state index in [0.29, 0.717) is 36.9 Å². The van der Waals surface area contributed by atoms with E-state index in [0.717, 1.165) is 25.1 Å². The Bertz CT molecular complexity index is 956. The summed E-state index contributed by atoms with van der Waals surface area (Å²) in [5, 5.41) is 0. The van der Waals surface area contributed by atoms with Gasteiger partial charge in [-0.1, -0.05) is 12.1 Å². The average Bonchev–Trinajstić information content (AvgIpc) is 3.17. The van der Waals surface area contributed by atoms with Gasteiger partial charge in [0.1, 0.15) is 11.6 Å². The molecule has 1 amide bonds. The summed E-state index contributed by atoms with van der Waals surface area (Å²) >= 11 is 0. The molecular formula is C21H25FN4O2. The Balaban J connectivity index is 1.64. The Morgan fingerprint density at radius 3 is 2.82 bits per heavy atom. The van der Waals surface area contributed by atoms with E-state index in [1.165, 1.54) is 12.1 Å². The van der Waals surface area contributed by atoms with Crippen molar-refractivity contribution < 1.29 is 9.18 Å². The van der Waals surface area contributed by atoms with Gasteiger partial charge in [-0.05, 0) is 38.8 Å². The predicted molar refractivity (Wildman–Crippen MR) is 104 cm³/mol. The molecule has 0 aliphatic carbocycles. The second-order valence-electron chi connectivity index (χ2n) is 7.83. The number of halogens is 1. The molecule has 2 aromatic rings. The van der Waals surface area contributed by atoms with Gasteiger partial charge in [0.15, 0.2) is 0 Å².